The molecule has 8 heteroatoms. The Morgan fingerprint density at radius 1 is 1.12 bits per heavy atom. The molecule has 1 N–H and O–H groups in total. The van der Waals surface area contributed by atoms with E-state index in [0.717, 1.165) is 11.3 Å². The number of amides is 2. The molecule has 0 unspecified atom stereocenters. The molecule has 2 amide bonds. The van der Waals surface area contributed by atoms with E-state index in [1.807, 2.05) is 19.1 Å². The van der Waals surface area contributed by atoms with Crippen LogP contribution in [0, 0.1) is 6.92 Å². The Morgan fingerprint density at radius 2 is 1.81 bits per heavy atom. The number of anilines is 2. The molecule has 0 spiro atoms. The lowest BCUT2D eigenvalue weighted by Gasteiger charge is -2.34. The normalized spacial score (nSPS) is 14.3. The van der Waals surface area contributed by atoms with Crippen molar-refractivity contribution in [2.75, 3.05) is 31.5 Å². The van der Waals surface area contributed by atoms with E-state index in [9.17, 15) is 9.59 Å². The molecule has 0 radical (unpaired) electrons. The molecule has 1 aliphatic heterocycles. The summed E-state index contributed by atoms with van der Waals surface area (Å²) >= 11 is 6.03. The van der Waals surface area contributed by atoms with Crippen molar-refractivity contribution in [3.63, 3.8) is 0 Å². The highest BCUT2D eigenvalue weighted by Crippen LogP contribution is 2.22. The van der Waals surface area contributed by atoms with E-state index in [-0.39, 0.29) is 11.8 Å². The van der Waals surface area contributed by atoms with Gasteiger partial charge in [-0.1, -0.05) is 17.7 Å². The van der Waals surface area contributed by atoms with Crippen LogP contribution in [0.3, 0.4) is 0 Å². The molecule has 1 fully saturated rings. The second-order valence-electron chi connectivity index (χ2n) is 6.15. The molecule has 26 heavy (non-hydrogen) atoms. The number of carbonyl (C=O) groups excluding carboxylic acids is 2. The highest BCUT2D eigenvalue weighted by atomic mass is 35.5. The zero-order valence-electron chi connectivity index (χ0n) is 14.7. The van der Waals surface area contributed by atoms with E-state index in [1.165, 1.54) is 6.92 Å². The number of nitrogens with zero attached hydrogens (tertiary/aromatic N) is 4. The molecule has 3 rings (SSSR count). The van der Waals surface area contributed by atoms with Crippen molar-refractivity contribution >= 4 is 35.1 Å². The summed E-state index contributed by atoms with van der Waals surface area (Å²) in [6.07, 6.45) is 1.55. The molecule has 7 nitrogen and oxygen atoms in total. The molecular formula is C18H20ClN5O2. The van der Waals surface area contributed by atoms with Gasteiger partial charge in [0.1, 0.15) is 5.69 Å². The predicted molar refractivity (Wildman–Crippen MR) is 99.7 cm³/mol. The van der Waals surface area contributed by atoms with Crippen molar-refractivity contribution < 1.29 is 9.59 Å². The number of halogens is 1. The van der Waals surface area contributed by atoms with E-state index in [2.05, 4.69) is 15.3 Å². The number of hydrogen-bond donors (Lipinski definition) is 1. The maximum atomic E-state index is 12.7. The van der Waals surface area contributed by atoms with Crippen LogP contribution in [0.4, 0.5) is 11.6 Å². The molecule has 136 valence electrons. The highest BCUT2D eigenvalue weighted by molar-refractivity contribution is 6.30. The van der Waals surface area contributed by atoms with Gasteiger partial charge in [-0.15, -0.1) is 0 Å². The van der Waals surface area contributed by atoms with Crippen molar-refractivity contribution in [1.82, 2.24) is 19.8 Å². The molecular weight excluding hydrogens is 354 g/mol. The van der Waals surface area contributed by atoms with Crippen LogP contribution in [-0.4, -0.2) is 57.8 Å². The topological polar surface area (TPSA) is 78.4 Å². The smallest absolute Gasteiger partial charge is 0.272 e. The predicted octanol–water partition coefficient (Wildman–Crippen LogP) is 2.49. The van der Waals surface area contributed by atoms with Crippen LogP contribution in [0.15, 0.2) is 30.5 Å². The van der Waals surface area contributed by atoms with Crippen molar-refractivity contribution in [3.05, 3.63) is 46.7 Å². The zero-order valence-corrected chi connectivity index (χ0v) is 15.5. The van der Waals surface area contributed by atoms with Gasteiger partial charge in [0.25, 0.3) is 5.91 Å². The Bertz CT molecular complexity index is 834. The van der Waals surface area contributed by atoms with E-state index in [0.29, 0.717) is 42.8 Å². The molecule has 0 aliphatic carbocycles. The van der Waals surface area contributed by atoms with E-state index in [1.54, 1.807) is 28.1 Å². The first kappa shape index (κ1) is 18.1. The quantitative estimate of drug-likeness (QED) is 0.894. The first-order valence-electron chi connectivity index (χ1n) is 8.35. The van der Waals surface area contributed by atoms with Gasteiger partial charge in [-0.25, -0.2) is 9.97 Å². The minimum Gasteiger partial charge on any atom is -0.339 e. The van der Waals surface area contributed by atoms with Crippen LogP contribution in [0.1, 0.15) is 23.0 Å². The molecule has 1 aliphatic rings. The maximum Gasteiger partial charge on any atom is 0.272 e. The molecule has 1 aromatic heterocycles. The van der Waals surface area contributed by atoms with E-state index >= 15 is 0 Å². The summed E-state index contributed by atoms with van der Waals surface area (Å²) in [6, 6.07) is 7.09. The number of nitrogens with one attached hydrogen (secondary N) is 1. The number of aryl methyl sites for hydroxylation is 1. The summed E-state index contributed by atoms with van der Waals surface area (Å²) in [4.78, 5) is 36.0. The number of hydrogen-bond acceptors (Lipinski definition) is 5. The number of rotatable bonds is 3. The Labute approximate surface area is 157 Å². The van der Waals surface area contributed by atoms with Crippen molar-refractivity contribution in [3.8, 4) is 0 Å². The summed E-state index contributed by atoms with van der Waals surface area (Å²) in [5.74, 6) is 0.201. The second-order valence-corrected chi connectivity index (χ2v) is 6.58. The van der Waals surface area contributed by atoms with Gasteiger partial charge in [0, 0.05) is 50.0 Å². The number of carbonyl (C=O) groups is 2. The van der Waals surface area contributed by atoms with Crippen LogP contribution in [0.5, 0.6) is 0 Å². The summed E-state index contributed by atoms with van der Waals surface area (Å²) < 4.78 is 0. The van der Waals surface area contributed by atoms with Crippen LogP contribution >= 0.6 is 11.6 Å². The molecule has 1 aromatic carbocycles. The van der Waals surface area contributed by atoms with Crippen molar-refractivity contribution in [2.45, 2.75) is 13.8 Å². The molecule has 0 saturated carbocycles. The minimum atomic E-state index is -0.165. The Kier molecular flexibility index (Phi) is 5.37. The average molecular weight is 374 g/mol. The van der Waals surface area contributed by atoms with Crippen LogP contribution < -0.4 is 5.32 Å². The molecule has 0 atom stereocenters. The summed E-state index contributed by atoms with van der Waals surface area (Å²) in [7, 11) is 0. The van der Waals surface area contributed by atoms with Gasteiger partial charge in [-0.05, 0) is 30.7 Å². The lowest BCUT2D eigenvalue weighted by Crippen LogP contribution is -2.50. The van der Waals surface area contributed by atoms with Crippen molar-refractivity contribution in [2.24, 2.45) is 0 Å². The monoisotopic (exact) mass is 373 g/mol. The number of aromatic nitrogens is 2. The third-order valence-electron chi connectivity index (χ3n) is 4.33. The Hall–Kier alpha value is -2.67. The molecule has 1 saturated heterocycles. The zero-order chi connectivity index (χ0) is 18.7. The lowest BCUT2D eigenvalue weighted by atomic mass is 10.2. The maximum absolute atomic E-state index is 12.7. The summed E-state index contributed by atoms with van der Waals surface area (Å²) in [5, 5.41) is 3.71. The van der Waals surface area contributed by atoms with Gasteiger partial charge in [0.05, 0.1) is 0 Å². The number of benzene rings is 1. The van der Waals surface area contributed by atoms with Crippen LogP contribution in [0.2, 0.25) is 5.02 Å². The van der Waals surface area contributed by atoms with Crippen molar-refractivity contribution in [1.29, 1.82) is 0 Å². The third kappa shape index (κ3) is 4.11. The van der Waals surface area contributed by atoms with Gasteiger partial charge in [-0.3, -0.25) is 9.59 Å². The Morgan fingerprint density at radius 3 is 2.50 bits per heavy atom. The van der Waals surface area contributed by atoms with E-state index < -0.39 is 0 Å². The third-order valence-corrected chi connectivity index (χ3v) is 4.57. The van der Waals surface area contributed by atoms with Gasteiger partial charge in [0.15, 0.2) is 0 Å². The molecule has 2 aromatic rings. The molecule has 0 bridgehead atoms. The fourth-order valence-corrected chi connectivity index (χ4v) is 2.95. The fraction of sp³-hybridized carbons (Fsp3) is 0.333. The number of piperazine rings is 1. The second kappa shape index (κ2) is 7.70. The van der Waals surface area contributed by atoms with Gasteiger partial charge >= 0.3 is 0 Å². The largest absolute Gasteiger partial charge is 0.339 e. The Balaban J connectivity index is 1.72. The first-order valence-corrected chi connectivity index (χ1v) is 8.73. The molecule has 2 heterocycles. The average Bonchev–Trinajstić information content (AvgIpc) is 2.64. The SMILES string of the molecule is CC(=O)N1CCN(C(=O)c2ccnc(Nc3cc(Cl)ccc3C)n2)CC1. The standard InChI is InChI=1S/C18H20ClN5O2/c1-12-3-4-14(19)11-16(12)22-18-20-6-5-15(21-18)17(26)24-9-7-23(8-10-24)13(2)25/h3-6,11H,7-10H2,1-2H3,(H,20,21,22). The highest BCUT2D eigenvalue weighted by Gasteiger charge is 2.24. The lowest BCUT2D eigenvalue weighted by molar-refractivity contribution is -0.130. The van der Waals surface area contributed by atoms with Gasteiger partial charge in [0.2, 0.25) is 11.9 Å². The van der Waals surface area contributed by atoms with E-state index in [4.69, 9.17) is 11.6 Å². The minimum absolute atomic E-state index is 0.0301. The van der Waals surface area contributed by atoms with Gasteiger partial charge in [-0.2, -0.15) is 0 Å². The van der Waals surface area contributed by atoms with Gasteiger partial charge < -0.3 is 15.1 Å². The summed E-state index contributed by atoms with van der Waals surface area (Å²) in [5.41, 5.74) is 2.10. The van der Waals surface area contributed by atoms with Crippen LogP contribution in [0.25, 0.3) is 0 Å². The fourth-order valence-electron chi connectivity index (χ4n) is 2.77. The van der Waals surface area contributed by atoms with Crippen LogP contribution in [-0.2, 0) is 4.79 Å². The summed E-state index contributed by atoms with van der Waals surface area (Å²) in [6.45, 7) is 5.56. The first-order chi connectivity index (χ1) is 12.4.